The van der Waals surface area contributed by atoms with Gasteiger partial charge in [-0.25, -0.2) is 9.78 Å². The molecular formula is C9H10N4O2. The van der Waals surface area contributed by atoms with Gasteiger partial charge in [-0.05, 0) is 13.8 Å². The van der Waals surface area contributed by atoms with Crippen molar-refractivity contribution in [1.29, 1.82) is 0 Å². The van der Waals surface area contributed by atoms with Gasteiger partial charge < -0.3 is 4.57 Å². The van der Waals surface area contributed by atoms with E-state index in [-0.39, 0.29) is 5.69 Å². The lowest BCUT2D eigenvalue weighted by molar-refractivity contribution is 0.784. The number of hydrogen-bond donors (Lipinski definition) is 1. The van der Waals surface area contributed by atoms with Crippen LogP contribution in [0.2, 0.25) is 0 Å². The first-order valence-electron chi connectivity index (χ1n) is 4.45. The SMILES string of the molecule is Cc1nc2c(=O)[nH]c(=O)nc-2n(C)c1C. The van der Waals surface area contributed by atoms with Crippen molar-refractivity contribution in [2.45, 2.75) is 13.8 Å². The maximum atomic E-state index is 11.4. The number of aromatic amines is 1. The third-order valence-electron chi connectivity index (χ3n) is 2.48. The summed E-state index contributed by atoms with van der Waals surface area (Å²) >= 11 is 0. The molecule has 0 aromatic rings. The Hall–Kier alpha value is -1.98. The molecule has 6 nitrogen and oxygen atoms in total. The molecule has 0 saturated carbocycles. The molecule has 15 heavy (non-hydrogen) atoms. The maximum absolute atomic E-state index is 11.4. The number of nitrogens with zero attached hydrogens (tertiary/aromatic N) is 3. The number of nitrogens with one attached hydrogen (secondary N) is 1. The molecule has 0 bridgehead atoms. The lowest BCUT2D eigenvalue weighted by atomic mass is 10.3. The standard InChI is InChI=1S/C9H10N4O2/c1-4-5(2)13(3)7-6(10-4)8(14)12-9(15)11-7/h1-3H3,(H,12,14,15). The van der Waals surface area contributed by atoms with Crippen molar-refractivity contribution in [3.8, 4) is 11.5 Å². The van der Waals surface area contributed by atoms with Crippen LogP contribution < -0.4 is 11.2 Å². The van der Waals surface area contributed by atoms with Crippen molar-refractivity contribution in [2.75, 3.05) is 0 Å². The zero-order valence-electron chi connectivity index (χ0n) is 8.66. The smallest absolute Gasteiger partial charge is 0.330 e. The number of aromatic nitrogens is 4. The van der Waals surface area contributed by atoms with E-state index in [1.165, 1.54) is 0 Å². The Morgan fingerprint density at radius 3 is 2.53 bits per heavy atom. The minimum Gasteiger partial charge on any atom is -0.330 e. The van der Waals surface area contributed by atoms with Crippen LogP contribution in [0.3, 0.4) is 0 Å². The Morgan fingerprint density at radius 2 is 1.87 bits per heavy atom. The summed E-state index contributed by atoms with van der Waals surface area (Å²) in [6.07, 6.45) is 0. The normalized spacial score (nSPS) is 10.9. The van der Waals surface area contributed by atoms with Gasteiger partial charge in [0.25, 0.3) is 5.56 Å². The second kappa shape index (κ2) is 3.01. The first-order chi connectivity index (χ1) is 7.00. The predicted molar refractivity (Wildman–Crippen MR) is 54.0 cm³/mol. The van der Waals surface area contributed by atoms with E-state index >= 15 is 0 Å². The van der Waals surface area contributed by atoms with Crippen molar-refractivity contribution in [1.82, 2.24) is 19.5 Å². The average Bonchev–Trinajstić information content (AvgIpc) is 2.17. The summed E-state index contributed by atoms with van der Waals surface area (Å²) in [5.41, 5.74) is 0.674. The predicted octanol–water partition coefficient (Wildman–Crippen LogP) is -0.415. The van der Waals surface area contributed by atoms with E-state index in [1.54, 1.807) is 18.5 Å². The Bertz CT molecular complexity index is 611. The fourth-order valence-corrected chi connectivity index (χ4v) is 1.42. The van der Waals surface area contributed by atoms with Crippen LogP contribution in [-0.2, 0) is 7.05 Å². The van der Waals surface area contributed by atoms with Gasteiger partial charge in [0.2, 0.25) is 0 Å². The second-order valence-electron chi connectivity index (χ2n) is 3.38. The molecule has 0 saturated heterocycles. The zero-order valence-corrected chi connectivity index (χ0v) is 8.66. The highest BCUT2D eigenvalue weighted by molar-refractivity contribution is 5.50. The van der Waals surface area contributed by atoms with E-state index in [0.717, 1.165) is 11.4 Å². The molecule has 2 heterocycles. The number of fused-ring (bicyclic) bond motifs is 1. The summed E-state index contributed by atoms with van der Waals surface area (Å²) in [4.78, 5) is 32.4. The molecule has 1 N–H and O–H groups in total. The molecule has 0 spiro atoms. The van der Waals surface area contributed by atoms with Gasteiger partial charge in [0.05, 0.1) is 5.69 Å². The van der Waals surface area contributed by atoms with E-state index in [1.807, 2.05) is 6.92 Å². The average molecular weight is 206 g/mol. The van der Waals surface area contributed by atoms with Gasteiger partial charge in [-0.15, -0.1) is 0 Å². The molecule has 0 atom stereocenters. The third-order valence-corrected chi connectivity index (χ3v) is 2.48. The Kier molecular flexibility index (Phi) is 1.92. The molecule has 2 aliphatic heterocycles. The Balaban J connectivity index is 3.05. The van der Waals surface area contributed by atoms with Crippen molar-refractivity contribution < 1.29 is 0 Å². The molecule has 78 valence electrons. The van der Waals surface area contributed by atoms with Gasteiger partial charge in [-0.3, -0.25) is 9.78 Å². The van der Waals surface area contributed by atoms with Gasteiger partial charge in [-0.1, -0.05) is 0 Å². The van der Waals surface area contributed by atoms with Crippen LogP contribution >= 0.6 is 0 Å². The summed E-state index contributed by atoms with van der Waals surface area (Å²) in [5.74, 6) is 0.312. The summed E-state index contributed by atoms with van der Waals surface area (Å²) in [6.45, 7) is 3.66. The summed E-state index contributed by atoms with van der Waals surface area (Å²) in [6, 6.07) is 0. The lowest BCUT2D eigenvalue weighted by Crippen LogP contribution is -2.29. The molecule has 0 aromatic carbocycles. The van der Waals surface area contributed by atoms with Gasteiger partial charge >= 0.3 is 5.69 Å². The second-order valence-corrected chi connectivity index (χ2v) is 3.38. The van der Waals surface area contributed by atoms with Crippen molar-refractivity contribution in [2.24, 2.45) is 7.05 Å². The molecule has 0 radical (unpaired) electrons. The number of rotatable bonds is 0. The zero-order chi connectivity index (χ0) is 11.2. The van der Waals surface area contributed by atoms with Crippen LogP contribution in [0, 0.1) is 13.8 Å². The summed E-state index contributed by atoms with van der Waals surface area (Å²) < 4.78 is 1.69. The van der Waals surface area contributed by atoms with Crippen LogP contribution in [0.1, 0.15) is 11.4 Å². The van der Waals surface area contributed by atoms with Gasteiger partial charge in [0, 0.05) is 12.7 Å². The topological polar surface area (TPSA) is 80.6 Å². The molecule has 0 aliphatic carbocycles. The highest BCUT2D eigenvalue weighted by Crippen LogP contribution is 2.13. The van der Waals surface area contributed by atoms with Crippen molar-refractivity contribution in [3.63, 3.8) is 0 Å². The van der Waals surface area contributed by atoms with Crippen LogP contribution in [0.15, 0.2) is 9.59 Å². The number of hydrogen-bond acceptors (Lipinski definition) is 4. The highest BCUT2D eigenvalue weighted by atomic mass is 16.2. The van der Waals surface area contributed by atoms with E-state index < -0.39 is 11.2 Å². The van der Waals surface area contributed by atoms with Crippen LogP contribution in [0.4, 0.5) is 0 Å². The molecule has 0 fully saturated rings. The molecular weight excluding hydrogens is 196 g/mol. The summed E-state index contributed by atoms with van der Waals surface area (Å²) in [5, 5.41) is 0. The molecule has 2 aliphatic rings. The lowest BCUT2D eigenvalue weighted by Gasteiger charge is -2.13. The third kappa shape index (κ3) is 1.34. The van der Waals surface area contributed by atoms with Gasteiger partial charge in [0.15, 0.2) is 11.5 Å². The molecule has 0 amide bonds. The van der Waals surface area contributed by atoms with Crippen LogP contribution in [0.5, 0.6) is 0 Å². The quantitative estimate of drug-likeness (QED) is 0.635. The highest BCUT2D eigenvalue weighted by Gasteiger charge is 2.16. The van der Waals surface area contributed by atoms with E-state index in [0.29, 0.717) is 5.82 Å². The van der Waals surface area contributed by atoms with Crippen molar-refractivity contribution in [3.05, 3.63) is 32.2 Å². The van der Waals surface area contributed by atoms with Gasteiger partial charge in [0.1, 0.15) is 0 Å². The fraction of sp³-hybridized carbons (Fsp3) is 0.333. The molecule has 0 unspecified atom stereocenters. The first kappa shape index (κ1) is 9.57. The van der Waals surface area contributed by atoms with Crippen LogP contribution in [-0.4, -0.2) is 19.5 Å². The minimum absolute atomic E-state index is 0.195. The number of aryl methyl sites for hydroxylation is 1. The summed E-state index contributed by atoms with van der Waals surface area (Å²) in [7, 11) is 1.75. The minimum atomic E-state index is -0.645. The molecule has 2 rings (SSSR count). The van der Waals surface area contributed by atoms with Crippen molar-refractivity contribution >= 4 is 0 Å². The van der Waals surface area contributed by atoms with E-state index in [2.05, 4.69) is 15.0 Å². The van der Waals surface area contributed by atoms with Crippen LogP contribution in [0.25, 0.3) is 11.5 Å². The number of H-pyrrole nitrogens is 1. The van der Waals surface area contributed by atoms with E-state index in [9.17, 15) is 9.59 Å². The fourth-order valence-electron chi connectivity index (χ4n) is 1.42. The Labute approximate surface area is 85.0 Å². The molecule has 6 heteroatoms. The Morgan fingerprint density at radius 1 is 1.20 bits per heavy atom. The monoisotopic (exact) mass is 206 g/mol. The molecule has 0 aromatic heterocycles. The maximum Gasteiger partial charge on any atom is 0.349 e. The first-order valence-corrected chi connectivity index (χ1v) is 4.45. The van der Waals surface area contributed by atoms with Gasteiger partial charge in [-0.2, -0.15) is 4.98 Å². The largest absolute Gasteiger partial charge is 0.349 e. The van der Waals surface area contributed by atoms with E-state index in [4.69, 9.17) is 0 Å².